The lowest BCUT2D eigenvalue weighted by Crippen LogP contribution is -2.45. The number of terminal acetylenes is 1. The zero-order valence-electron chi connectivity index (χ0n) is 15.9. The van der Waals surface area contributed by atoms with E-state index in [4.69, 9.17) is 6.42 Å². The minimum atomic E-state index is -0.672. The van der Waals surface area contributed by atoms with Gasteiger partial charge in [0, 0.05) is 24.7 Å². The number of non-ortho nitro benzene ring substituents is 1. The van der Waals surface area contributed by atoms with Crippen LogP contribution in [0.2, 0.25) is 0 Å². The molecule has 7 nitrogen and oxygen atoms in total. The second-order valence-corrected chi connectivity index (χ2v) is 6.73. The lowest BCUT2D eigenvalue weighted by atomic mass is 10.0. The fourth-order valence-corrected chi connectivity index (χ4v) is 2.46. The first-order valence-electron chi connectivity index (χ1n) is 8.54. The van der Waals surface area contributed by atoms with E-state index in [1.165, 1.54) is 30.1 Å². The van der Waals surface area contributed by atoms with Gasteiger partial charge in [0.25, 0.3) is 5.69 Å². The van der Waals surface area contributed by atoms with Crippen molar-refractivity contribution in [2.75, 3.05) is 18.5 Å². The molecule has 0 bridgehead atoms. The Kier molecular flexibility index (Phi) is 6.29. The molecule has 0 heterocycles. The number of hydrogen-bond donors (Lipinski definition) is 1. The van der Waals surface area contributed by atoms with E-state index < -0.39 is 16.2 Å². The summed E-state index contributed by atoms with van der Waals surface area (Å²) in [6, 6.07) is 12.2. The summed E-state index contributed by atoms with van der Waals surface area (Å²) in [6.45, 7) is 3.47. The summed E-state index contributed by atoms with van der Waals surface area (Å²) in [5.74, 6) is 1.79. The van der Waals surface area contributed by atoms with Crippen molar-refractivity contribution < 1.29 is 14.5 Å². The zero-order chi connectivity index (χ0) is 20.9. The van der Waals surface area contributed by atoms with Crippen molar-refractivity contribution in [1.82, 2.24) is 5.32 Å². The van der Waals surface area contributed by atoms with E-state index >= 15 is 0 Å². The first kappa shape index (κ1) is 20.8. The molecule has 1 amide bonds. The van der Waals surface area contributed by atoms with Crippen LogP contribution >= 0.6 is 0 Å². The fraction of sp³-hybridized carbons (Fsp3) is 0.238. The quantitative estimate of drug-likeness (QED) is 0.346. The monoisotopic (exact) mass is 379 g/mol. The van der Waals surface area contributed by atoms with E-state index in [0.717, 1.165) is 0 Å². The van der Waals surface area contributed by atoms with Gasteiger partial charge in [-0.3, -0.25) is 25.0 Å². The average molecular weight is 379 g/mol. The van der Waals surface area contributed by atoms with Crippen molar-refractivity contribution in [2.24, 2.45) is 0 Å². The molecule has 0 aliphatic rings. The van der Waals surface area contributed by atoms with Crippen LogP contribution in [0.25, 0.3) is 0 Å². The van der Waals surface area contributed by atoms with E-state index in [1.807, 2.05) is 0 Å². The first-order valence-corrected chi connectivity index (χ1v) is 8.54. The van der Waals surface area contributed by atoms with Gasteiger partial charge < -0.3 is 4.90 Å². The topological polar surface area (TPSA) is 92.6 Å². The largest absolute Gasteiger partial charge is 0.314 e. The number of ketones is 1. The molecular weight excluding hydrogens is 358 g/mol. The summed E-state index contributed by atoms with van der Waals surface area (Å²) in [6.07, 6.45) is 5.41. The number of hydrogen-bond acceptors (Lipinski definition) is 5. The number of amides is 1. The van der Waals surface area contributed by atoms with Gasteiger partial charge in [0.15, 0.2) is 5.78 Å². The maximum absolute atomic E-state index is 12.9. The molecular formula is C21H21N3O4. The van der Waals surface area contributed by atoms with E-state index in [0.29, 0.717) is 5.56 Å². The van der Waals surface area contributed by atoms with Crippen molar-refractivity contribution in [3.8, 4) is 12.3 Å². The molecule has 0 saturated carbocycles. The number of likely N-dealkylation sites (N-methyl/N-ethyl adjacent to an activating group) is 1. The van der Waals surface area contributed by atoms with Crippen LogP contribution in [-0.4, -0.2) is 35.7 Å². The van der Waals surface area contributed by atoms with Crippen LogP contribution < -0.4 is 10.2 Å². The molecule has 7 heteroatoms. The minimum Gasteiger partial charge on any atom is -0.314 e. The van der Waals surface area contributed by atoms with Crippen molar-refractivity contribution in [3.05, 3.63) is 69.8 Å². The summed E-state index contributed by atoms with van der Waals surface area (Å²) in [4.78, 5) is 37.4. The Labute approximate surface area is 163 Å². The maximum atomic E-state index is 12.9. The molecule has 0 unspecified atom stereocenters. The highest BCUT2D eigenvalue weighted by Gasteiger charge is 2.24. The number of benzene rings is 2. The van der Waals surface area contributed by atoms with Gasteiger partial charge in [0.2, 0.25) is 5.91 Å². The van der Waals surface area contributed by atoms with Crippen molar-refractivity contribution in [2.45, 2.75) is 19.4 Å². The molecule has 0 aliphatic heterocycles. The summed E-state index contributed by atoms with van der Waals surface area (Å²) >= 11 is 0. The fourth-order valence-electron chi connectivity index (χ4n) is 2.46. The number of rotatable bonds is 7. The average Bonchev–Trinajstić information content (AvgIpc) is 2.71. The zero-order valence-corrected chi connectivity index (χ0v) is 15.9. The van der Waals surface area contributed by atoms with Crippen LogP contribution in [0.15, 0.2) is 48.5 Å². The van der Waals surface area contributed by atoms with Gasteiger partial charge in [-0.05, 0) is 19.9 Å². The molecule has 0 aromatic heterocycles. The Bertz CT molecular complexity index is 946. The SMILES string of the molecule is C#CC(C)(C)NCC(=O)N(C)c1ccc([N+](=O)[O-])cc1C(=O)c1ccccc1. The standard InChI is InChI=1S/C21H21N3O4/c1-5-21(2,3)22-14-19(25)23(4)18-12-11-16(24(27)28)13-17(18)20(26)15-9-7-6-8-10-15/h1,6-13,22H,14H2,2-4H3. The Morgan fingerprint density at radius 2 is 1.86 bits per heavy atom. The molecule has 0 aliphatic carbocycles. The summed E-state index contributed by atoms with van der Waals surface area (Å²) in [7, 11) is 1.51. The molecule has 0 saturated heterocycles. The second kappa shape index (κ2) is 8.46. The lowest BCUT2D eigenvalue weighted by molar-refractivity contribution is -0.384. The van der Waals surface area contributed by atoms with Crippen molar-refractivity contribution >= 4 is 23.1 Å². The van der Waals surface area contributed by atoms with Gasteiger partial charge in [-0.1, -0.05) is 36.3 Å². The molecule has 0 fully saturated rings. The molecule has 1 N–H and O–H groups in total. The summed E-state index contributed by atoms with van der Waals surface area (Å²) in [5.41, 5.74) is -0.168. The van der Waals surface area contributed by atoms with Crippen LogP contribution in [0.5, 0.6) is 0 Å². The number of nitrogens with one attached hydrogen (secondary N) is 1. The number of nitro benzene ring substituents is 1. The van der Waals surface area contributed by atoms with Crippen LogP contribution in [0.3, 0.4) is 0 Å². The Balaban J connectivity index is 2.40. The normalized spacial score (nSPS) is 10.8. The third-order valence-corrected chi connectivity index (χ3v) is 4.25. The molecule has 2 aromatic carbocycles. The van der Waals surface area contributed by atoms with E-state index in [9.17, 15) is 19.7 Å². The van der Waals surface area contributed by atoms with Gasteiger partial charge in [0.1, 0.15) is 0 Å². The molecule has 28 heavy (non-hydrogen) atoms. The third-order valence-electron chi connectivity index (χ3n) is 4.25. The molecule has 0 atom stereocenters. The van der Waals surface area contributed by atoms with Crippen LogP contribution in [0, 0.1) is 22.5 Å². The van der Waals surface area contributed by atoms with Crippen molar-refractivity contribution in [1.29, 1.82) is 0 Å². The predicted octanol–water partition coefficient (Wildman–Crippen LogP) is 2.79. The molecule has 2 rings (SSSR count). The maximum Gasteiger partial charge on any atom is 0.270 e. The van der Waals surface area contributed by atoms with E-state index in [2.05, 4.69) is 11.2 Å². The third kappa shape index (κ3) is 4.81. The van der Waals surface area contributed by atoms with E-state index in [1.54, 1.807) is 44.2 Å². The van der Waals surface area contributed by atoms with Gasteiger partial charge in [-0.2, -0.15) is 0 Å². The second-order valence-electron chi connectivity index (χ2n) is 6.73. The van der Waals surface area contributed by atoms with Gasteiger partial charge >= 0.3 is 0 Å². The first-order chi connectivity index (χ1) is 13.2. The highest BCUT2D eigenvalue weighted by Crippen LogP contribution is 2.27. The van der Waals surface area contributed by atoms with Crippen LogP contribution in [0.1, 0.15) is 29.8 Å². The molecule has 0 spiro atoms. The Morgan fingerprint density at radius 3 is 2.43 bits per heavy atom. The van der Waals surface area contributed by atoms with Crippen LogP contribution in [-0.2, 0) is 4.79 Å². The highest BCUT2D eigenvalue weighted by atomic mass is 16.6. The Morgan fingerprint density at radius 1 is 1.21 bits per heavy atom. The van der Waals surface area contributed by atoms with Gasteiger partial charge in [-0.25, -0.2) is 0 Å². The number of nitro groups is 1. The highest BCUT2D eigenvalue weighted by molar-refractivity contribution is 6.14. The predicted molar refractivity (Wildman–Crippen MR) is 107 cm³/mol. The number of carbonyl (C=O) groups excluding carboxylic acids is 2. The number of anilines is 1. The number of nitrogens with zero attached hydrogens (tertiary/aromatic N) is 2. The summed E-state index contributed by atoms with van der Waals surface area (Å²) in [5, 5.41) is 14.1. The number of carbonyl (C=O) groups is 2. The van der Waals surface area contributed by atoms with E-state index in [-0.39, 0.29) is 29.4 Å². The van der Waals surface area contributed by atoms with Gasteiger partial charge in [0.05, 0.1) is 28.3 Å². The lowest BCUT2D eigenvalue weighted by Gasteiger charge is -2.24. The van der Waals surface area contributed by atoms with Crippen molar-refractivity contribution in [3.63, 3.8) is 0 Å². The molecule has 144 valence electrons. The smallest absolute Gasteiger partial charge is 0.270 e. The minimum absolute atomic E-state index is 0.0519. The Hall–Kier alpha value is -3.50. The molecule has 2 aromatic rings. The molecule has 0 radical (unpaired) electrons. The van der Waals surface area contributed by atoms with Crippen LogP contribution in [0.4, 0.5) is 11.4 Å². The van der Waals surface area contributed by atoms with Gasteiger partial charge in [-0.15, -0.1) is 6.42 Å². The summed E-state index contributed by atoms with van der Waals surface area (Å²) < 4.78 is 0.